The Morgan fingerprint density at radius 1 is 0.806 bits per heavy atom. The lowest BCUT2D eigenvalue weighted by molar-refractivity contribution is -0.116. The third-order valence-electron chi connectivity index (χ3n) is 4.47. The monoisotopic (exact) mass is 417 g/mol. The van der Waals surface area contributed by atoms with Crippen molar-refractivity contribution in [1.29, 1.82) is 0 Å². The molecule has 6 nitrogen and oxygen atoms in total. The van der Waals surface area contributed by atoms with E-state index in [1.165, 1.54) is 0 Å². The highest BCUT2D eigenvalue weighted by Crippen LogP contribution is 2.24. The van der Waals surface area contributed by atoms with Crippen LogP contribution in [-0.4, -0.2) is 18.4 Å². The minimum absolute atomic E-state index is 0.0419. The van der Waals surface area contributed by atoms with Gasteiger partial charge in [-0.1, -0.05) is 55.5 Å². The molecule has 0 fully saturated rings. The van der Waals surface area contributed by atoms with Crippen LogP contribution in [0.25, 0.3) is 0 Å². The number of para-hydroxylation sites is 2. The molecule has 0 spiro atoms. The van der Waals surface area contributed by atoms with Gasteiger partial charge in [-0.15, -0.1) is 0 Å². The molecule has 3 aromatic carbocycles. The molecule has 0 saturated carbocycles. The zero-order valence-corrected chi connectivity index (χ0v) is 17.6. The Morgan fingerprint density at radius 2 is 1.48 bits per heavy atom. The van der Waals surface area contributed by atoms with E-state index in [2.05, 4.69) is 16.0 Å². The second-order valence-electron chi connectivity index (χ2n) is 7.05. The van der Waals surface area contributed by atoms with Crippen LogP contribution in [-0.2, 0) is 16.2 Å². The van der Waals surface area contributed by atoms with Crippen molar-refractivity contribution >= 4 is 28.9 Å². The summed E-state index contributed by atoms with van der Waals surface area (Å²) >= 11 is 0. The van der Waals surface area contributed by atoms with Gasteiger partial charge in [0.15, 0.2) is 0 Å². The Labute approximate surface area is 182 Å². The van der Waals surface area contributed by atoms with Gasteiger partial charge in [0, 0.05) is 17.8 Å². The first kappa shape index (κ1) is 21.9. The largest absolute Gasteiger partial charge is 0.487 e. The standard InChI is InChI=1S/C25H27N3O3/c1-2-9-24(29)27-20-12-8-13-21(16-20)28-25(30)17-26-22-14-6-7-15-23(22)31-18-19-10-4-3-5-11-19/h3-8,10-16,26H,2,9,17-18H2,1H3,(H,27,29)(H,28,30). The number of hydrogen-bond donors (Lipinski definition) is 3. The van der Waals surface area contributed by atoms with Crippen LogP contribution in [0.2, 0.25) is 0 Å². The molecule has 31 heavy (non-hydrogen) atoms. The highest BCUT2D eigenvalue weighted by atomic mass is 16.5. The molecule has 0 unspecified atom stereocenters. The second-order valence-corrected chi connectivity index (χ2v) is 7.05. The van der Waals surface area contributed by atoms with E-state index in [0.29, 0.717) is 30.2 Å². The summed E-state index contributed by atoms with van der Waals surface area (Å²) in [7, 11) is 0. The molecule has 0 bridgehead atoms. The Balaban J connectivity index is 1.53. The fraction of sp³-hybridized carbons (Fsp3) is 0.200. The van der Waals surface area contributed by atoms with Crippen LogP contribution >= 0.6 is 0 Å². The zero-order chi connectivity index (χ0) is 21.9. The second kappa shape index (κ2) is 11.4. The van der Waals surface area contributed by atoms with Gasteiger partial charge in [0.05, 0.1) is 12.2 Å². The van der Waals surface area contributed by atoms with Gasteiger partial charge in [0.2, 0.25) is 11.8 Å². The Hall–Kier alpha value is -3.80. The first-order chi connectivity index (χ1) is 15.1. The lowest BCUT2D eigenvalue weighted by atomic mass is 10.2. The maximum atomic E-state index is 12.4. The lowest BCUT2D eigenvalue weighted by Gasteiger charge is -2.14. The van der Waals surface area contributed by atoms with Gasteiger partial charge in [-0.25, -0.2) is 0 Å². The van der Waals surface area contributed by atoms with Gasteiger partial charge in [0.25, 0.3) is 0 Å². The van der Waals surface area contributed by atoms with E-state index in [-0.39, 0.29) is 18.4 Å². The number of ether oxygens (including phenoxy) is 1. The smallest absolute Gasteiger partial charge is 0.243 e. The Kier molecular flexibility index (Phi) is 8.05. The topological polar surface area (TPSA) is 79.5 Å². The number of amides is 2. The van der Waals surface area contributed by atoms with Crippen molar-refractivity contribution in [3.8, 4) is 5.75 Å². The molecule has 0 aliphatic heterocycles. The Morgan fingerprint density at radius 3 is 2.23 bits per heavy atom. The molecule has 0 aromatic heterocycles. The molecule has 0 radical (unpaired) electrons. The van der Waals surface area contributed by atoms with Crippen molar-refractivity contribution in [2.24, 2.45) is 0 Å². The summed E-state index contributed by atoms with van der Waals surface area (Å²) in [6.45, 7) is 2.48. The SMILES string of the molecule is CCCC(=O)Nc1cccc(NC(=O)CNc2ccccc2OCc2ccccc2)c1. The van der Waals surface area contributed by atoms with Crippen LogP contribution in [0.5, 0.6) is 5.75 Å². The molecular formula is C25H27N3O3. The first-order valence-electron chi connectivity index (χ1n) is 10.3. The minimum atomic E-state index is -0.199. The highest BCUT2D eigenvalue weighted by molar-refractivity contribution is 5.95. The number of benzene rings is 3. The molecule has 0 aliphatic carbocycles. The summed E-state index contributed by atoms with van der Waals surface area (Å²) in [4.78, 5) is 24.2. The zero-order valence-electron chi connectivity index (χ0n) is 17.6. The maximum absolute atomic E-state index is 12.4. The molecular weight excluding hydrogens is 390 g/mol. The van der Waals surface area contributed by atoms with E-state index in [4.69, 9.17) is 4.74 Å². The number of rotatable bonds is 10. The predicted octanol–water partition coefficient (Wildman–Crippen LogP) is 5.05. The van der Waals surface area contributed by atoms with E-state index >= 15 is 0 Å². The van der Waals surface area contributed by atoms with Crippen molar-refractivity contribution in [3.63, 3.8) is 0 Å². The molecule has 0 aliphatic rings. The minimum Gasteiger partial charge on any atom is -0.487 e. The van der Waals surface area contributed by atoms with Crippen LogP contribution in [0.3, 0.4) is 0 Å². The summed E-state index contributed by atoms with van der Waals surface area (Å²) in [5, 5.41) is 8.79. The van der Waals surface area contributed by atoms with Crippen molar-refractivity contribution in [1.82, 2.24) is 0 Å². The third-order valence-corrected chi connectivity index (χ3v) is 4.47. The molecule has 0 atom stereocenters. The van der Waals surface area contributed by atoms with Crippen molar-refractivity contribution in [3.05, 3.63) is 84.4 Å². The maximum Gasteiger partial charge on any atom is 0.243 e. The fourth-order valence-electron chi connectivity index (χ4n) is 2.98. The van der Waals surface area contributed by atoms with E-state index < -0.39 is 0 Å². The number of hydrogen-bond acceptors (Lipinski definition) is 4. The predicted molar refractivity (Wildman–Crippen MR) is 124 cm³/mol. The fourth-order valence-corrected chi connectivity index (χ4v) is 2.98. The average molecular weight is 418 g/mol. The van der Waals surface area contributed by atoms with Gasteiger partial charge >= 0.3 is 0 Å². The van der Waals surface area contributed by atoms with E-state index in [0.717, 1.165) is 17.7 Å². The van der Waals surface area contributed by atoms with Crippen LogP contribution in [0.4, 0.5) is 17.1 Å². The van der Waals surface area contributed by atoms with Crippen molar-refractivity contribution < 1.29 is 14.3 Å². The average Bonchev–Trinajstić information content (AvgIpc) is 2.78. The van der Waals surface area contributed by atoms with Crippen LogP contribution in [0, 0.1) is 0 Å². The van der Waals surface area contributed by atoms with Gasteiger partial charge in [0.1, 0.15) is 12.4 Å². The quantitative estimate of drug-likeness (QED) is 0.431. The summed E-state index contributed by atoms with van der Waals surface area (Å²) in [5.41, 5.74) is 3.09. The van der Waals surface area contributed by atoms with Gasteiger partial charge in [-0.05, 0) is 42.3 Å². The molecule has 3 N–H and O–H groups in total. The molecule has 0 saturated heterocycles. The number of carbonyl (C=O) groups is 2. The van der Waals surface area contributed by atoms with Crippen LogP contribution < -0.4 is 20.7 Å². The molecule has 3 aromatic rings. The molecule has 2 amide bonds. The number of nitrogens with one attached hydrogen (secondary N) is 3. The highest BCUT2D eigenvalue weighted by Gasteiger charge is 2.08. The van der Waals surface area contributed by atoms with Crippen LogP contribution in [0.15, 0.2) is 78.9 Å². The van der Waals surface area contributed by atoms with Gasteiger partial charge in [-0.2, -0.15) is 0 Å². The number of carbonyl (C=O) groups excluding carboxylic acids is 2. The lowest BCUT2D eigenvalue weighted by Crippen LogP contribution is -2.22. The summed E-state index contributed by atoms with van der Waals surface area (Å²) < 4.78 is 5.91. The molecule has 3 rings (SSSR count). The number of anilines is 3. The summed E-state index contributed by atoms with van der Waals surface area (Å²) in [5.74, 6) is 0.439. The summed E-state index contributed by atoms with van der Waals surface area (Å²) in [6.07, 6.45) is 1.25. The van der Waals surface area contributed by atoms with E-state index in [1.807, 2.05) is 61.5 Å². The van der Waals surface area contributed by atoms with Gasteiger partial charge in [-0.3, -0.25) is 9.59 Å². The first-order valence-corrected chi connectivity index (χ1v) is 10.3. The molecule has 6 heteroatoms. The van der Waals surface area contributed by atoms with Crippen LogP contribution in [0.1, 0.15) is 25.3 Å². The van der Waals surface area contributed by atoms with Gasteiger partial charge < -0.3 is 20.7 Å². The van der Waals surface area contributed by atoms with E-state index in [1.54, 1.807) is 24.3 Å². The molecule has 160 valence electrons. The normalized spacial score (nSPS) is 10.2. The van der Waals surface area contributed by atoms with Crippen molar-refractivity contribution in [2.75, 3.05) is 22.5 Å². The third kappa shape index (κ3) is 7.19. The van der Waals surface area contributed by atoms with Crippen molar-refractivity contribution in [2.45, 2.75) is 26.4 Å². The summed E-state index contributed by atoms with van der Waals surface area (Å²) in [6, 6.07) is 24.5. The van der Waals surface area contributed by atoms with E-state index in [9.17, 15) is 9.59 Å². The Bertz CT molecular complexity index is 1010. The molecule has 0 heterocycles.